The first-order chi connectivity index (χ1) is 14.6. The Kier molecular flexibility index (Phi) is 5.63. The molecule has 0 unspecified atom stereocenters. The summed E-state index contributed by atoms with van der Waals surface area (Å²) in [5, 5.41) is 15.6. The smallest absolute Gasteiger partial charge is 0.130 e. The van der Waals surface area contributed by atoms with Crippen molar-refractivity contribution in [3.05, 3.63) is 59.1 Å². The normalized spacial score (nSPS) is 10.9. The lowest BCUT2D eigenvalue weighted by atomic mass is 10.1. The van der Waals surface area contributed by atoms with Crippen LogP contribution in [-0.2, 0) is 6.54 Å². The van der Waals surface area contributed by atoms with Crippen molar-refractivity contribution in [3.8, 4) is 22.4 Å². The SMILES string of the molecule is CCOc1csc(-c2cc(NCCn3c(C#N)cc4c(C)cc(F)cc43)ncn2)c1. The van der Waals surface area contributed by atoms with E-state index in [1.54, 1.807) is 17.4 Å². The Hall–Kier alpha value is -3.44. The van der Waals surface area contributed by atoms with Crippen molar-refractivity contribution in [1.82, 2.24) is 14.5 Å². The highest BCUT2D eigenvalue weighted by Crippen LogP contribution is 2.30. The van der Waals surface area contributed by atoms with Crippen LogP contribution >= 0.6 is 11.3 Å². The molecule has 0 atom stereocenters. The van der Waals surface area contributed by atoms with E-state index in [1.165, 1.54) is 18.5 Å². The molecule has 0 amide bonds. The van der Waals surface area contributed by atoms with Gasteiger partial charge in [0, 0.05) is 36.0 Å². The highest BCUT2D eigenvalue weighted by molar-refractivity contribution is 7.13. The summed E-state index contributed by atoms with van der Waals surface area (Å²) in [6.45, 7) is 5.45. The van der Waals surface area contributed by atoms with E-state index >= 15 is 0 Å². The predicted octanol–water partition coefficient (Wildman–Crippen LogP) is 4.99. The van der Waals surface area contributed by atoms with Gasteiger partial charge in [0.25, 0.3) is 0 Å². The summed E-state index contributed by atoms with van der Waals surface area (Å²) in [6, 6.07) is 10.8. The molecule has 152 valence electrons. The molecule has 0 aliphatic heterocycles. The average molecular weight is 422 g/mol. The maximum atomic E-state index is 13.9. The van der Waals surface area contributed by atoms with Crippen LogP contribution in [-0.4, -0.2) is 27.7 Å². The lowest BCUT2D eigenvalue weighted by molar-refractivity contribution is 0.342. The number of ether oxygens (including phenoxy) is 1. The van der Waals surface area contributed by atoms with Crippen LogP contribution in [0.4, 0.5) is 10.2 Å². The third-order valence-electron chi connectivity index (χ3n) is 4.75. The molecule has 1 aromatic carbocycles. The summed E-state index contributed by atoms with van der Waals surface area (Å²) < 4.78 is 21.2. The highest BCUT2D eigenvalue weighted by atomic mass is 32.1. The Bertz CT molecular complexity index is 1240. The number of anilines is 1. The van der Waals surface area contributed by atoms with Crippen molar-refractivity contribution in [2.75, 3.05) is 18.5 Å². The number of aryl methyl sites for hydroxylation is 1. The fourth-order valence-corrected chi connectivity index (χ4v) is 4.20. The average Bonchev–Trinajstić information content (AvgIpc) is 3.34. The number of nitrogens with one attached hydrogen (secondary N) is 1. The summed E-state index contributed by atoms with van der Waals surface area (Å²) in [6.07, 6.45) is 1.52. The third-order valence-corrected chi connectivity index (χ3v) is 5.69. The molecule has 0 fully saturated rings. The van der Waals surface area contributed by atoms with Gasteiger partial charge in [0.05, 0.1) is 22.7 Å². The van der Waals surface area contributed by atoms with E-state index in [9.17, 15) is 9.65 Å². The second-order valence-corrected chi connectivity index (χ2v) is 7.65. The minimum atomic E-state index is -0.306. The van der Waals surface area contributed by atoms with Gasteiger partial charge in [0.15, 0.2) is 0 Å². The van der Waals surface area contributed by atoms with E-state index in [1.807, 2.05) is 35.9 Å². The lowest BCUT2D eigenvalue weighted by Crippen LogP contribution is -2.12. The molecule has 0 spiro atoms. The van der Waals surface area contributed by atoms with Gasteiger partial charge in [-0.2, -0.15) is 5.26 Å². The Balaban J connectivity index is 1.50. The standard InChI is InChI=1S/C22H20FN5OS/c1-3-29-17-9-21(30-12-17)19-10-22(27-13-26-19)25-4-5-28-16(11-24)8-18-14(2)6-15(23)7-20(18)28/h6-10,12-13H,3-5H2,1-2H3,(H,25,26,27). The first kappa shape index (κ1) is 19.9. The van der Waals surface area contributed by atoms with Gasteiger partial charge in [0.2, 0.25) is 0 Å². The van der Waals surface area contributed by atoms with Crippen LogP contribution in [0.3, 0.4) is 0 Å². The van der Waals surface area contributed by atoms with Crippen LogP contribution in [0.25, 0.3) is 21.5 Å². The number of nitriles is 1. The van der Waals surface area contributed by atoms with Crippen LogP contribution in [0.2, 0.25) is 0 Å². The molecule has 0 saturated carbocycles. The topological polar surface area (TPSA) is 75.8 Å². The zero-order valence-electron chi connectivity index (χ0n) is 16.6. The number of hydrogen-bond acceptors (Lipinski definition) is 6. The van der Waals surface area contributed by atoms with Crippen molar-refractivity contribution in [2.24, 2.45) is 0 Å². The maximum absolute atomic E-state index is 13.9. The summed E-state index contributed by atoms with van der Waals surface area (Å²) in [5.74, 6) is 1.21. The second-order valence-electron chi connectivity index (χ2n) is 6.74. The van der Waals surface area contributed by atoms with Crippen molar-refractivity contribution >= 4 is 28.1 Å². The molecule has 30 heavy (non-hydrogen) atoms. The number of nitrogens with zero attached hydrogens (tertiary/aromatic N) is 4. The van der Waals surface area contributed by atoms with Crippen LogP contribution in [0, 0.1) is 24.1 Å². The largest absolute Gasteiger partial charge is 0.493 e. The van der Waals surface area contributed by atoms with E-state index in [0.29, 0.717) is 31.2 Å². The van der Waals surface area contributed by atoms with E-state index in [-0.39, 0.29) is 5.82 Å². The molecule has 6 nitrogen and oxygen atoms in total. The van der Waals surface area contributed by atoms with Crippen molar-refractivity contribution in [1.29, 1.82) is 5.26 Å². The third kappa shape index (κ3) is 3.98. The number of benzene rings is 1. The van der Waals surface area contributed by atoms with Crippen LogP contribution < -0.4 is 10.1 Å². The van der Waals surface area contributed by atoms with Crippen LogP contribution in [0.15, 0.2) is 42.0 Å². The molecule has 4 aromatic rings. The minimum absolute atomic E-state index is 0.306. The summed E-state index contributed by atoms with van der Waals surface area (Å²) >= 11 is 1.56. The van der Waals surface area contributed by atoms with Gasteiger partial charge in [-0.3, -0.25) is 0 Å². The van der Waals surface area contributed by atoms with Gasteiger partial charge in [0.1, 0.15) is 35.5 Å². The predicted molar refractivity (Wildman–Crippen MR) is 116 cm³/mol. The second kappa shape index (κ2) is 8.51. The molecule has 3 heterocycles. The molecular formula is C22H20FN5OS. The van der Waals surface area contributed by atoms with Gasteiger partial charge in [-0.25, -0.2) is 14.4 Å². The van der Waals surface area contributed by atoms with Gasteiger partial charge in [-0.15, -0.1) is 11.3 Å². The number of aromatic nitrogens is 3. The van der Waals surface area contributed by atoms with E-state index in [4.69, 9.17) is 4.74 Å². The number of fused-ring (bicyclic) bond motifs is 1. The number of hydrogen-bond donors (Lipinski definition) is 1. The van der Waals surface area contributed by atoms with Gasteiger partial charge in [-0.05, 0) is 37.6 Å². The summed E-state index contributed by atoms with van der Waals surface area (Å²) in [7, 11) is 0. The molecule has 0 saturated heterocycles. The fraction of sp³-hybridized carbons (Fsp3) is 0.227. The van der Waals surface area contributed by atoms with Gasteiger partial charge < -0.3 is 14.6 Å². The van der Waals surface area contributed by atoms with E-state index < -0.39 is 0 Å². The Labute approximate surface area is 177 Å². The van der Waals surface area contributed by atoms with Crippen molar-refractivity contribution < 1.29 is 9.13 Å². The van der Waals surface area contributed by atoms with Crippen LogP contribution in [0.1, 0.15) is 18.2 Å². The first-order valence-electron chi connectivity index (χ1n) is 9.56. The molecule has 8 heteroatoms. The van der Waals surface area contributed by atoms with E-state index in [0.717, 1.165) is 32.8 Å². The molecular weight excluding hydrogens is 401 g/mol. The molecule has 0 aliphatic carbocycles. The first-order valence-corrected chi connectivity index (χ1v) is 10.4. The summed E-state index contributed by atoms with van der Waals surface area (Å²) in [4.78, 5) is 9.62. The fourth-order valence-electron chi connectivity index (χ4n) is 3.41. The minimum Gasteiger partial charge on any atom is -0.493 e. The molecule has 0 radical (unpaired) electrons. The molecule has 4 rings (SSSR count). The summed E-state index contributed by atoms with van der Waals surface area (Å²) in [5.41, 5.74) is 2.85. The van der Waals surface area contributed by atoms with Crippen molar-refractivity contribution in [3.63, 3.8) is 0 Å². The molecule has 0 aliphatic rings. The Morgan fingerprint density at radius 2 is 2.10 bits per heavy atom. The quantitative estimate of drug-likeness (QED) is 0.455. The zero-order chi connectivity index (χ0) is 21.1. The monoisotopic (exact) mass is 421 g/mol. The molecule has 1 N–H and O–H groups in total. The van der Waals surface area contributed by atoms with Gasteiger partial charge in [-0.1, -0.05) is 0 Å². The number of halogens is 1. The molecule has 0 bridgehead atoms. The lowest BCUT2D eigenvalue weighted by Gasteiger charge is -2.10. The van der Waals surface area contributed by atoms with E-state index in [2.05, 4.69) is 21.4 Å². The Morgan fingerprint density at radius 1 is 1.23 bits per heavy atom. The van der Waals surface area contributed by atoms with Crippen molar-refractivity contribution in [2.45, 2.75) is 20.4 Å². The van der Waals surface area contributed by atoms with Crippen LogP contribution in [0.5, 0.6) is 5.75 Å². The number of rotatable bonds is 7. The Morgan fingerprint density at radius 3 is 2.90 bits per heavy atom. The highest BCUT2D eigenvalue weighted by Gasteiger charge is 2.12. The number of thiophene rings is 1. The zero-order valence-corrected chi connectivity index (χ0v) is 17.5. The maximum Gasteiger partial charge on any atom is 0.130 e. The van der Waals surface area contributed by atoms with Gasteiger partial charge >= 0.3 is 0 Å². The molecule has 3 aromatic heterocycles.